The molecule has 1 aromatic carbocycles. The fourth-order valence-electron chi connectivity index (χ4n) is 1.77. The van der Waals surface area contributed by atoms with Crippen LogP contribution in [0.5, 0.6) is 0 Å². The maximum absolute atomic E-state index is 5.95. The predicted molar refractivity (Wildman–Crippen MR) is 74.6 cm³/mol. The van der Waals surface area contributed by atoms with Crippen molar-refractivity contribution in [3.63, 3.8) is 0 Å². The molecule has 3 rings (SSSR count). The first-order chi connectivity index (χ1) is 9.76. The minimum absolute atomic E-state index is 0.125. The van der Waals surface area contributed by atoms with E-state index in [1.54, 1.807) is 0 Å². The van der Waals surface area contributed by atoms with Crippen molar-refractivity contribution in [2.45, 2.75) is 13.3 Å². The van der Waals surface area contributed by atoms with Gasteiger partial charge in [0.15, 0.2) is 5.82 Å². The summed E-state index contributed by atoms with van der Waals surface area (Å²) < 4.78 is 1.44. The second-order valence-electron chi connectivity index (χ2n) is 4.12. The summed E-state index contributed by atoms with van der Waals surface area (Å²) in [7, 11) is 0. The van der Waals surface area contributed by atoms with Crippen LogP contribution in [0, 0.1) is 0 Å². The zero-order valence-electron chi connectivity index (χ0n) is 10.7. The molecule has 0 fully saturated rings. The zero-order chi connectivity index (χ0) is 13.9. The highest BCUT2D eigenvalue weighted by molar-refractivity contribution is 6.28. The Morgan fingerprint density at radius 3 is 2.55 bits per heavy atom. The Morgan fingerprint density at radius 2 is 1.90 bits per heavy atom. The quantitative estimate of drug-likeness (QED) is 0.739. The Hall–Kier alpha value is -2.34. The molecule has 0 bridgehead atoms. The predicted octanol–water partition coefficient (Wildman–Crippen LogP) is 2.34. The lowest BCUT2D eigenvalue weighted by molar-refractivity contribution is 0.796. The molecule has 6 nitrogen and oxygen atoms in total. The van der Waals surface area contributed by atoms with Crippen LogP contribution >= 0.6 is 11.6 Å². The van der Waals surface area contributed by atoms with Gasteiger partial charge in [0.05, 0.1) is 0 Å². The number of nitrogens with zero attached hydrogens (tertiary/aromatic N) is 6. The Kier molecular flexibility index (Phi) is 3.39. The lowest BCUT2D eigenvalue weighted by atomic mass is 10.1. The molecule has 0 aliphatic rings. The van der Waals surface area contributed by atoms with Gasteiger partial charge in [-0.1, -0.05) is 31.2 Å². The number of hydrogen-bond donors (Lipinski definition) is 0. The molecule has 0 saturated carbocycles. The van der Waals surface area contributed by atoms with Crippen molar-refractivity contribution in [3.05, 3.63) is 47.8 Å². The number of hydrogen-bond acceptors (Lipinski definition) is 5. The number of benzene rings is 1. The van der Waals surface area contributed by atoms with Crippen molar-refractivity contribution >= 4 is 11.6 Å². The fourth-order valence-corrected chi connectivity index (χ4v) is 1.93. The van der Waals surface area contributed by atoms with Gasteiger partial charge in [0, 0.05) is 5.56 Å². The van der Waals surface area contributed by atoms with Gasteiger partial charge in [0.25, 0.3) is 5.95 Å². The van der Waals surface area contributed by atoms with Crippen LogP contribution in [0.2, 0.25) is 5.28 Å². The van der Waals surface area contributed by atoms with Gasteiger partial charge in [-0.3, -0.25) is 0 Å². The molecule has 0 atom stereocenters. The van der Waals surface area contributed by atoms with Crippen molar-refractivity contribution in [2.24, 2.45) is 0 Å². The summed E-state index contributed by atoms with van der Waals surface area (Å²) in [5.41, 5.74) is 2.14. The maximum atomic E-state index is 5.95. The molecule has 0 aliphatic heterocycles. The number of aromatic nitrogens is 6. The van der Waals surface area contributed by atoms with Crippen molar-refractivity contribution in [1.29, 1.82) is 0 Å². The maximum Gasteiger partial charge on any atom is 0.256 e. The largest absolute Gasteiger partial charge is 0.256 e. The Morgan fingerprint density at radius 1 is 1.10 bits per heavy atom. The third-order valence-electron chi connectivity index (χ3n) is 2.84. The Labute approximate surface area is 120 Å². The summed E-state index contributed by atoms with van der Waals surface area (Å²) in [6.45, 7) is 2.11. The van der Waals surface area contributed by atoms with Crippen LogP contribution in [0.1, 0.15) is 12.5 Å². The summed E-state index contributed by atoms with van der Waals surface area (Å²) in [5.74, 6) is 0.857. The lowest BCUT2D eigenvalue weighted by Crippen LogP contribution is -2.05. The van der Waals surface area contributed by atoms with Gasteiger partial charge in [-0.15, -0.1) is 0 Å². The standard InChI is InChI=1S/C13H11ClN6/c1-2-9-3-5-10(6-4-9)11-17-12(14)19-13(18-11)20-8-15-7-16-20/h3-8H,2H2,1H3. The molecule has 2 heterocycles. The van der Waals surface area contributed by atoms with E-state index in [2.05, 4.69) is 32.0 Å². The van der Waals surface area contributed by atoms with Gasteiger partial charge >= 0.3 is 0 Å². The van der Waals surface area contributed by atoms with E-state index in [0.717, 1.165) is 12.0 Å². The summed E-state index contributed by atoms with van der Waals surface area (Å²) in [4.78, 5) is 16.4. The first kappa shape index (κ1) is 12.7. The SMILES string of the molecule is CCc1ccc(-c2nc(Cl)nc(-n3cncn3)n2)cc1. The van der Waals surface area contributed by atoms with E-state index in [0.29, 0.717) is 11.8 Å². The molecule has 0 spiro atoms. The molecule has 7 heteroatoms. The van der Waals surface area contributed by atoms with Gasteiger partial charge in [-0.05, 0) is 23.6 Å². The van der Waals surface area contributed by atoms with Crippen LogP contribution in [-0.2, 0) is 6.42 Å². The molecule has 2 aromatic heterocycles. The first-order valence-corrected chi connectivity index (χ1v) is 6.50. The van der Waals surface area contributed by atoms with Gasteiger partial charge in [-0.2, -0.15) is 24.7 Å². The van der Waals surface area contributed by atoms with Gasteiger partial charge in [-0.25, -0.2) is 4.98 Å². The van der Waals surface area contributed by atoms with Crippen LogP contribution in [0.25, 0.3) is 17.3 Å². The third kappa shape index (κ3) is 2.50. The van der Waals surface area contributed by atoms with Crippen LogP contribution < -0.4 is 0 Å². The highest BCUT2D eigenvalue weighted by Crippen LogP contribution is 2.18. The van der Waals surface area contributed by atoms with Crippen molar-refractivity contribution in [2.75, 3.05) is 0 Å². The summed E-state index contributed by atoms with van der Waals surface area (Å²) in [6.07, 6.45) is 3.91. The molecule has 0 aliphatic carbocycles. The normalized spacial score (nSPS) is 10.7. The molecule has 0 saturated heterocycles. The zero-order valence-corrected chi connectivity index (χ0v) is 11.5. The average molecular weight is 287 g/mol. The number of aryl methyl sites for hydroxylation is 1. The number of rotatable bonds is 3. The summed E-state index contributed by atoms with van der Waals surface area (Å²) >= 11 is 5.95. The van der Waals surface area contributed by atoms with E-state index in [1.807, 2.05) is 24.3 Å². The molecule has 0 radical (unpaired) electrons. The Balaban J connectivity index is 2.04. The van der Waals surface area contributed by atoms with Crippen molar-refractivity contribution in [3.8, 4) is 17.3 Å². The third-order valence-corrected chi connectivity index (χ3v) is 3.01. The lowest BCUT2D eigenvalue weighted by Gasteiger charge is -2.04. The Bertz CT molecular complexity index is 708. The van der Waals surface area contributed by atoms with E-state index in [4.69, 9.17) is 11.6 Å². The molecular weight excluding hydrogens is 276 g/mol. The van der Waals surface area contributed by atoms with Crippen LogP contribution in [0.15, 0.2) is 36.9 Å². The molecule has 0 unspecified atom stereocenters. The minimum Gasteiger partial charge on any atom is -0.223 e. The molecular formula is C13H11ClN6. The second-order valence-corrected chi connectivity index (χ2v) is 4.46. The molecule has 0 N–H and O–H groups in total. The van der Waals surface area contributed by atoms with Gasteiger partial charge in [0.2, 0.25) is 5.28 Å². The highest BCUT2D eigenvalue weighted by Gasteiger charge is 2.09. The van der Waals surface area contributed by atoms with E-state index < -0.39 is 0 Å². The number of halogens is 1. The van der Waals surface area contributed by atoms with E-state index in [1.165, 1.54) is 22.9 Å². The molecule has 0 amide bonds. The first-order valence-electron chi connectivity index (χ1n) is 6.12. The van der Waals surface area contributed by atoms with Crippen LogP contribution in [-0.4, -0.2) is 29.7 Å². The van der Waals surface area contributed by atoms with Crippen LogP contribution in [0.3, 0.4) is 0 Å². The van der Waals surface area contributed by atoms with Crippen LogP contribution in [0.4, 0.5) is 0 Å². The van der Waals surface area contributed by atoms with Crippen molar-refractivity contribution in [1.82, 2.24) is 29.7 Å². The topological polar surface area (TPSA) is 69.4 Å². The van der Waals surface area contributed by atoms with E-state index in [-0.39, 0.29) is 5.28 Å². The fraction of sp³-hybridized carbons (Fsp3) is 0.154. The monoisotopic (exact) mass is 286 g/mol. The highest BCUT2D eigenvalue weighted by atomic mass is 35.5. The van der Waals surface area contributed by atoms with E-state index >= 15 is 0 Å². The second kappa shape index (κ2) is 5.34. The van der Waals surface area contributed by atoms with E-state index in [9.17, 15) is 0 Å². The smallest absolute Gasteiger partial charge is 0.223 e. The van der Waals surface area contributed by atoms with Crippen molar-refractivity contribution < 1.29 is 0 Å². The molecule has 20 heavy (non-hydrogen) atoms. The molecule has 100 valence electrons. The van der Waals surface area contributed by atoms with Gasteiger partial charge in [0.1, 0.15) is 12.7 Å². The molecule has 3 aromatic rings. The minimum atomic E-state index is 0.125. The average Bonchev–Trinajstić information content (AvgIpc) is 3.01. The van der Waals surface area contributed by atoms with Gasteiger partial charge < -0.3 is 0 Å². The summed E-state index contributed by atoms with van der Waals surface area (Å²) in [6, 6.07) is 8.02. The summed E-state index contributed by atoms with van der Waals surface area (Å²) in [5, 5.41) is 4.11.